The van der Waals surface area contributed by atoms with E-state index in [4.69, 9.17) is 0 Å². The maximum Gasteiger partial charge on any atom is 0.328 e. The largest absolute Gasteiger partial charge is 0.364 e. The van der Waals surface area contributed by atoms with Gasteiger partial charge < -0.3 is 10.3 Å². The number of hydrogen-bond acceptors (Lipinski definition) is 5. The quantitative estimate of drug-likeness (QED) is 0.592. The summed E-state index contributed by atoms with van der Waals surface area (Å²) in [5.41, 5.74) is 4.26. The first kappa shape index (κ1) is 13.5. The second-order valence-electron chi connectivity index (χ2n) is 5.40. The summed E-state index contributed by atoms with van der Waals surface area (Å²) < 4.78 is 3.29. The van der Waals surface area contributed by atoms with Gasteiger partial charge in [-0.15, -0.1) is 0 Å². The Hall–Kier alpha value is -3.16. The first-order valence-corrected chi connectivity index (χ1v) is 7.17. The highest BCUT2D eigenvalue weighted by Gasteiger charge is 2.09. The van der Waals surface area contributed by atoms with Crippen LogP contribution in [0.4, 0.5) is 5.82 Å². The third-order valence-corrected chi connectivity index (χ3v) is 4.02. The Kier molecular flexibility index (Phi) is 2.90. The number of aromatic amines is 1. The number of hydrogen-bond donors (Lipinski definition) is 2. The monoisotopic (exact) mass is 309 g/mol. The number of nitrogens with one attached hydrogen (secondary N) is 2. The van der Waals surface area contributed by atoms with E-state index in [1.165, 1.54) is 6.33 Å². The smallest absolute Gasteiger partial charge is 0.328 e. The van der Waals surface area contributed by atoms with E-state index in [-0.39, 0.29) is 5.69 Å². The summed E-state index contributed by atoms with van der Waals surface area (Å²) in [6, 6.07) is 5.97. The molecule has 0 atom stereocenters. The molecule has 23 heavy (non-hydrogen) atoms. The van der Waals surface area contributed by atoms with Crippen LogP contribution in [0, 0.1) is 0 Å². The zero-order valence-electron chi connectivity index (χ0n) is 12.7. The summed E-state index contributed by atoms with van der Waals surface area (Å²) in [6.07, 6.45) is 3.08. The van der Waals surface area contributed by atoms with Gasteiger partial charge in [0.1, 0.15) is 11.8 Å². The van der Waals surface area contributed by atoms with Crippen molar-refractivity contribution in [2.75, 3.05) is 5.32 Å². The summed E-state index contributed by atoms with van der Waals surface area (Å²) in [5.74, 6) is 0.703. The average molecular weight is 309 g/mol. The molecular formula is C15H15N7O. The number of anilines is 1. The molecule has 116 valence electrons. The van der Waals surface area contributed by atoms with E-state index in [0.29, 0.717) is 18.0 Å². The normalized spacial score (nSPS) is 11.4. The molecule has 4 rings (SSSR count). The van der Waals surface area contributed by atoms with Gasteiger partial charge in [-0.2, -0.15) is 0 Å². The van der Waals surface area contributed by atoms with Gasteiger partial charge in [-0.3, -0.25) is 9.13 Å². The second kappa shape index (κ2) is 4.94. The number of nitrogens with zero attached hydrogens (tertiary/aromatic N) is 5. The van der Waals surface area contributed by atoms with Gasteiger partial charge in [0, 0.05) is 20.6 Å². The third-order valence-electron chi connectivity index (χ3n) is 4.02. The van der Waals surface area contributed by atoms with Crippen molar-refractivity contribution in [1.29, 1.82) is 0 Å². The van der Waals surface area contributed by atoms with Crippen LogP contribution in [0.2, 0.25) is 0 Å². The lowest BCUT2D eigenvalue weighted by Gasteiger charge is -2.07. The topological polar surface area (TPSA) is 93.4 Å². The van der Waals surface area contributed by atoms with Gasteiger partial charge in [-0.05, 0) is 17.7 Å². The summed E-state index contributed by atoms with van der Waals surface area (Å²) in [6.45, 7) is 0.587. The minimum Gasteiger partial charge on any atom is -0.364 e. The van der Waals surface area contributed by atoms with Crippen molar-refractivity contribution in [3.05, 3.63) is 46.9 Å². The van der Waals surface area contributed by atoms with Crippen LogP contribution in [0.15, 0.2) is 35.6 Å². The standard InChI is InChI=1S/C15H15N7O/c1-21-10-4-3-9(5-11(10)22(2)15(21)23)6-16-13-12-14(18-7-17-12)20-8-19-13/h3-5,7-8H,6H2,1-2H3,(H2,16,17,18,19,20). The third kappa shape index (κ3) is 2.07. The van der Waals surface area contributed by atoms with Crippen LogP contribution in [0.25, 0.3) is 22.2 Å². The van der Waals surface area contributed by atoms with E-state index >= 15 is 0 Å². The highest BCUT2D eigenvalue weighted by atomic mass is 16.1. The maximum absolute atomic E-state index is 12.0. The molecule has 8 nitrogen and oxygen atoms in total. The molecule has 0 saturated heterocycles. The molecule has 0 aliphatic rings. The highest BCUT2D eigenvalue weighted by Crippen LogP contribution is 2.18. The number of aryl methyl sites for hydroxylation is 2. The Bertz CT molecular complexity index is 1070. The molecule has 0 fully saturated rings. The molecule has 2 N–H and O–H groups in total. The second-order valence-corrected chi connectivity index (χ2v) is 5.40. The number of rotatable bonds is 3. The number of H-pyrrole nitrogens is 1. The predicted octanol–water partition coefficient (Wildman–Crippen LogP) is 1.16. The zero-order chi connectivity index (χ0) is 16.0. The van der Waals surface area contributed by atoms with Crippen LogP contribution in [-0.2, 0) is 20.6 Å². The molecule has 8 heteroatoms. The summed E-state index contributed by atoms with van der Waals surface area (Å²) in [4.78, 5) is 27.4. The highest BCUT2D eigenvalue weighted by molar-refractivity contribution is 5.82. The summed E-state index contributed by atoms with van der Waals surface area (Å²) in [5, 5.41) is 3.28. The zero-order valence-corrected chi connectivity index (χ0v) is 12.7. The molecule has 0 amide bonds. The summed E-state index contributed by atoms with van der Waals surface area (Å²) in [7, 11) is 3.55. The van der Waals surface area contributed by atoms with Crippen molar-refractivity contribution in [3.8, 4) is 0 Å². The molecule has 0 aliphatic heterocycles. The Morgan fingerprint density at radius 2 is 1.96 bits per heavy atom. The van der Waals surface area contributed by atoms with E-state index in [9.17, 15) is 4.79 Å². The van der Waals surface area contributed by atoms with E-state index < -0.39 is 0 Å². The molecule has 4 aromatic rings. The average Bonchev–Trinajstić information content (AvgIpc) is 3.13. The number of aromatic nitrogens is 6. The molecular weight excluding hydrogens is 294 g/mol. The SMILES string of the molecule is Cn1c(=O)n(C)c2cc(CNc3ncnc4nc[nH]c34)ccc21. The fourth-order valence-electron chi connectivity index (χ4n) is 2.75. The first-order valence-electron chi connectivity index (χ1n) is 7.17. The van der Waals surface area contributed by atoms with Crippen molar-refractivity contribution < 1.29 is 0 Å². The van der Waals surface area contributed by atoms with Gasteiger partial charge in [-0.25, -0.2) is 19.7 Å². The molecule has 3 heterocycles. The maximum atomic E-state index is 12.0. The molecule has 0 aliphatic carbocycles. The van der Waals surface area contributed by atoms with Gasteiger partial charge in [-0.1, -0.05) is 6.07 Å². The molecule has 0 radical (unpaired) electrons. The van der Waals surface area contributed by atoms with E-state index in [1.807, 2.05) is 18.2 Å². The number of imidazole rings is 2. The number of fused-ring (bicyclic) bond motifs is 2. The van der Waals surface area contributed by atoms with E-state index in [2.05, 4.69) is 25.3 Å². The predicted molar refractivity (Wildman–Crippen MR) is 87.2 cm³/mol. The van der Waals surface area contributed by atoms with Gasteiger partial charge in [0.25, 0.3) is 0 Å². The molecule has 0 unspecified atom stereocenters. The van der Waals surface area contributed by atoms with E-state index in [0.717, 1.165) is 22.1 Å². The molecule has 0 bridgehead atoms. The first-order chi connectivity index (χ1) is 11.1. The van der Waals surface area contributed by atoms with Crippen molar-refractivity contribution in [1.82, 2.24) is 29.1 Å². The van der Waals surface area contributed by atoms with Crippen LogP contribution in [0.5, 0.6) is 0 Å². The summed E-state index contributed by atoms with van der Waals surface area (Å²) >= 11 is 0. The van der Waals surface area contributed by atoms with Crippen molar-refractivity contribution in [2.45, 2.75) is 6.54 Å². The lowest BCUT2D eigenvalue weighted by atomic mass is 10.2. The van der Waals surface area contributed by atoms with Gasteiger partial charge in [0.05, 0.1) is 17.4 Å². The molecule has 0 spiro atoms. The van der Waals surface area contributed by atoms with Crippen molar-refractivity contribution in [3.63, 3.8) is 0 Å². The van der Waals surface area contributed by atoms with Gasteiger partial charge in [0.2, 0.25) is 0 Å². The van der Waals surface area contributed by atoms with E-state index in [1.54, 1.807) is 29.6 Å². The van der Waals surface area contributed by atoms with Crippen LogP contribution in [0.3, 0.4) is 0 Å². The minimum atomic E-state index is -0.0277. The lowest BCUT2D eigenvalue weighted by molar-refractivity contribution is 0.795. The van der Waals surface area contributed by atoms with Crippen LogP contribution in [0.1, 0.15) is 5.56 Å². The fraction of sp³-hybridized carbons (Fsp3) is 0.200. The van der Waals surface area contributed by atoms with Crippen molar-refractivity contribution in [2.24, 2.45) is 14.1 Å². The van der Waals surface area contributed by atoms with Crippen molar-refractivity contribution >= 4 is 28.0 Å². The molecule has 3 aromatic heterocycles. The van der Waals surface area contributed by atoms with Gasteiger partial charge >= 0.3 is 5.69 Å². The Balaban J connectivity index is 1.67. The Morgan fingerprint density at radius 3 is 2.83 bits per heavy atom. The fourth-order valence-corrected chi connectivity index (χ4v) is 2.75. The molecule has 0 saturated carbocycles. The lowest BCUT2D eigenvalue weighted by Crippen LogP contribution is -2.19. The van der Waals surface area contributed by atoms with Crippen LogP contribution >= 0.6 is 0 Å². The van der Waals surface area contributed by atoms with Crippen LogP contribution in [-0.4, -0.2) is 29.1 Å². The van der Waals surface area contributed by atoms with Gasteiger partial charge in [0.15, 0.2) is 11.5 Å². The minimum absolute atomic E-state index is 0.0277. The Labute approximate surface area is 130 Å². The van der Waals surface area contributed by atoms with Crippen LogP contribution < -0.4 is 11.0 Å². The number of benzene rings is 1. The molecule has 1 aromatic carbocycles. The Morgan fingerprint density at radius 1 is 1.13 bits per heavy atom.